The highest BCUT2D eigenvalue weighted by atomic mass is 35.5. The van der Waals surface area contributed by atoms with Crippen LogP contribution in [0.25, 0.3) is 0 Å². The monoisotopic (exact) mass is 321 g/mol. The Bertz CT molecular complexity index is 431. The lowest BCUT2D eigenvalue weighted by Crippen LogP contribution is -2.10. The van der Waals surface area contributed by atoms with E-state index in [0.29, 0.717) is 26.2 Å². The van der Waals surface area contributed by atoms with Crippen LogP contribution in [-0.2, 0) is 14.2 Å². The van der Waals surface area contributed by atoms with Crippen molar-refractivity contribution in [2.45, 2.75) is 6.42 Å². The Hall–Kier alpha value is -1.01. The van der Waals surface area contributed by atoms with Crippen LogP contribution in [0.1, 0.15) is 16.8 Å². The van der Waals surface area contributed by atoms with Crippen LogP contribution >= 0.6 is 23.2 Å². The fourth-order valence-electron chi connectivity index (χ4n) is 1.36. The third-order valence-electron chi connectivity index (χ3n) is 2.41. The van der Waals surface area contributed by atoms with Gasteiger partial charge in [0.25, 0.3) is 0 Å². The third kappa shape index (κ3) is 5.54. The summed E-state index contributed by atoms with van der Waals surface area (Å²) >= 11 is 11.7. The van der Waals surface area contributed by atoms with Crippen LogP contribution in [-0.4, -0.2) is 39.5 Å². The number of nitrogen functional groups attached to an aromatic ring is 1. The van der Waals surface area contributed by atoms with Gasteiger partial charge in [-0.1, -0.05) is 23.2 Å². The van der Waals surface area contributed by atoms with Crippen molar-refractivity contribution < 1.29 is 19.0 Å². The predicted octanol–water partition coefficient (Wildman–Crippen LogP) is 2.79. The molecule has 0 aliphatic rings. The number of methoxy groups -OCH3 is 1. The molecule has 0 saturated heterocycles. The first-order valence-electron chi connectivity index (χ1n) is 6.04. The maximum absolute atomic E-state index is 11.8. The summed E-state index contributed by atoms with van der Waals surface area (Å²) in [5, 5.41) is 0.458. The molecular weight excluding hydrogens is 305 g/mol. The lowest BCUT2D eigenvalue weighted by atomic mass is 10.2. The van der Waals surface area contributed by atoms with Crippen LogP contribution < -0.4 is 5.73 Å². The lowest BCUT2D eigenvalue weighted by Gasteiger charge is -2.08. The third-order valence-corrected chi connectivity index (χ3v) is 3.04. The minimum Gasteiger partial charge on any atom is -0.462 e. The Kier molecular flexibility index (Phi) is 7.69. The molecule has 0 aliphatic carbocycles. The number of halogens is 2. The minimum atomic E-state index is -0.495. The number of carbonyl (C=O) groups is 1. The van der Waals surface area contributed by atoms with Crippen molar-refractivity contribution in [3.8, 4) is 0 Å². The van der Waals surface area contributed by atoms with Crippen LogP contribution in [0.5, 0.6) is 0 Å². The second-order valence-electron chi connectivity index (χ2n) is 3.95. The van der Waals surface area contributed by atoms with Crippen LogP contribution in [0.3, 0.4) is 0 Å². The van der Waals surface area contributed by atoms with Gasteiger partial charge in [-0.15, -0.1) is 0 Å². The number of ether oxygens (including phenoxy) is 3. The van der Waals surface area contributed by atoms with E-state index in [-0.39, 0.29) is 27.9 Å². The molecule has 1 aromatic carbocycles. The zero-order chi connectivity index (χ0) is 15.0. The highest BCUT2D eigenvalue weighted by Crippen LogP contribution is 2.29. The lowest BCUT2D eigenvalue weighted by molar-refractivity contribution is 0.0385. The summed E-state index contributed by atoms with van der Waals surface area (Å²) < 4.78 is 15.1. The number of hydrogen-bond donors (Lipinski definition) is 1. The molecule has 1 rings (SSSR count). The van der Waals surface area contributed by atoms with E-state index in [1.54, 1.807) is 7.11 Å². The average molecular weight is 322 g/mol. The number of anilines is 1. The highest BCUT2D eigenvalue weighted by Gasteiger charge is 2.12. The largest absolute Gasteiger partial charge is 0.462 e. The van der Waals surface area contributed by atoms with Gasteiger partial charge in [0.05, 0.1) is 41.1 Å². The molecule has 0 saturated carbocycles. The SMILES string of the molecule is COCCOCCCOC(=O)c1cc(Cl)c(N)c(Cl)c1. The zero-order valence-electron chi connectivity index (χ0n) is 11.2. The van der Waals surface area contributed by atoms with E-state index in [0.717, 1.165) is 0 Å². The molecule has 0 atom stereocenters. The van der Waals surface area contributed by atoms with Crippen LogP contribution in [0.15, 0.2) is 12.1 Å². The molecule has 0 aromatic heterocycles. The van der Waals surface area contributed by atoms with Gasteiger partial charge in [-0.3, -0.25) is 0 Å². The van der Waals surface area contributed by atoms with Gasteiger partial charge >= 0.3 is 5.97 Å². The van der Waals surface area contributed by atoms with Gasteiger partial charge in [0.1, 0.15) is 0 Å². The number of hydrogen-bond acceptors (Lipinski definition) is 5. The van der Waals surface area contributed by atoms with Gasteiger partial charge in [0.15, 0.2) is 0 Å². The topological polar surface area (TPSA) is 70.8 Å². The Labute approximate surface area is 127 Å². The zero-order valence-corrected chi connectivity index (χ0v) is 12.7. The normalized spacial score (nSPS) is 10.6. The van der Waals surface area contributed by atoms with Gasteiger partial charge in [-0.05, 0) is 12.1 Å². The summed E-state index contributed by atoms with van der Waals surface area (Å²) in [4.78, 5) is 11.8. The van der Waals surface area contributed by atoms with Crippen molar-refractivity contribution in [1.29, 1.82) is 0 Å². The summed E-state index contributed by atoms with van der Waals surface area (Å²) in [6.45, 7) is 1.82. The van der Waals surface area contributed by atoms with Crippen LogP contribution in [0.4, 0.5) is 5.69 Å². The van der Waals surface area contributed by atoms with Crippen LogP contribution in [0, 0.1) is 0 Å². The molecule has 112 valence electrons. The number of nitrogens with two attached hydrogens (primary N) is 1. The van der Waals surface area contributed by atoms with Crippen molar-refractivity contribution >= 4 is 34.9 Å². The quantitative estimate of drug-likeness (QED) is 0.453. The Balaban J connectivity index is 2.33. The van der Waals surface area contributed by atoms with Crippen molar-refractivity contribution in [3.63, 3.8) is 0 Å². The molecule has 0 heterocycles. The van der Waals surface area contributed by atoms with E-state index in [1.165, 1.54) is 12.1 Å². The molecule has 7 heteroatoms. The molecule has 0 spiro atoms. The van der Waals surface area contributed by atoms with Gasteiger partial charge in [-0.25, -0.2) is 4.79 Å². The van der Waals surface area contributed by atoms with Crippen molar-refractivity contribution in [1.82, 2.24) is 0 Å². The molecule has 0 amide bonds. The van der Waals surface area contributed by atoms with Gasteiger partial charge in [-0.2, -0.15) is 0 Å². The maximum atomic E-state index is 11.8. The smallest absolute Gasteiger partial charge is 0.338 e. The van der Waals surface area contributed by atoms with E-state index >= 15 is 0 Å². The van der Waals surface area contributed by atoms with E-state index in [1.807, 2.05) is 0 Å². The minimum absolute atomic E-state index is 0.229. The Morgan fingerprint density at radius 2 is 1.80 bits per heavy atom. The molecule has 5 nitrogen and oxygen atoms in total. The van der Waals surface area contributed by atoms with Crippen LogP contribution in [0.2, 0.25) is 10.0 Å². The number of benzene rings is 1. The van der Waals surface area contributed by atoms with Crippen molar-refractivity contribution in [2.75, 3.05) is 39.3 Å². The standard InChI is InChI=1S/C13H17Cl2NO4/c1-18-5-6-19-3-2-4-20-13(17)9-7-10(14)12(16)11(15)8-9/h7-8H,2-6,16H2,1H3. The number of esters is 1. The number of carbonyl (C=O) groups excluding carboxylic acids is 1. The van der Waals surface area contributed by atoms with E-state index < -0.39 is 5.97 Å². The fourth-order valence-corrected chi connectivity index (χ4v) is 1.84. The number of rotatable bonds is 8. The highest BCUT2D eigenvalue weighted by molar-refractivity contribution is 6.39. The molecule has 1 aromatic rings. The predicted molar refractivity (Wildman–Crippen MR) is 78.5 cm³/mol. The Morgan fingerprint density at radius 3 is 2.40 bits per heavy atom. The second-order valence-corrected chi connectivity index (χ2v) is 4.76. The van der Waals surface area contributed by atoms with Crippen molar-refractivity contribution in [3.05, 3.63) is 27.7 Å². The summed E-state index contributed by atoms with van der Waals surface area (Å²) in [6.07, 6.45) is 0.603. The van der Waals surface area contributed by atoms with Gasteiger partial charge in [0, 0.05) is 20.1 Å². The molecular formula is C13H17Cl2NO4. The first-order valence-corrected chi connectivity index (χ1v) is 6.80. The van der Waals surface area contributed by atoms with Crippen molar-refractivity contribution in [2.24, 2.45) is 0 Å². The summed E-state index contributed by atoms with van der Waals surface area (Å²) in [5.74, 6) is -0.495. The molecule has 0 bridgehead atoms. The fraction of sp³-hybridized carbons (Fsp3) is 0.462. The first-order chi connectivity index (χ1) is 9.56. The van der Waals surface area contributed by atoms with E-state index in [9.17, 15) is 4.79 Å². The maximum Gasteiger partial charge on any atom is 0.338 e. The first kappa shape index (κ1) is 17.0. The molecule has 0 aliphatic heterocycles. The second kappa shape index (κ2) is 9.02. The molecule has 0 fully saturated rings. The van der Waals surface area contributed by atoms with E-state index in [4.69, 9.17) is 43.1 Å². The average Bonchev–Trinajstić information content (AvgIpc) is 2.43. The summed E-state index contributed by atoms with van der Waals surface area (Å²) in [5.41, 5.74) is 6.11. The molecule has 20 heavy (non-hydrogen) atoms. The van der Waals surface area contributed by atoms with Gasteiger partial charge in [0.2, 0.25) is 0 Å². The Morgan fingerprint density at radius 1 is 1.15 bits per heavy atom. The molecule has 0 unspecified atom stereocenters. The molecule has 2 N–H and O–H groups in total. The summed E-state index contributed by atoms with van der Waals surface area (Å²) in [7, 11) is 1.61. The summed E-state index contributed by atoms with van der Waals surface area (Å²) in [6, 6.07) is 2.86. The van der Waals surface area contributed by atoms with E-state index in [2.05, 4.69) is 0 Å². The van der Waals surface area contributed by atoms with Gasteiger partial charge < -0.3 is 19.9 Å². The molecule has 0 radical (unpaired) electrons.